The second kappa shape index (κ2) is 9.10. The van der Waals surface area contributed by atoms with Crippen molar-refractivity contribution in [2.45, 2.75) is 18.5 Å². The molecule has 0 radical (unpaired) electrons. The highest BCUT2D eigenvalue weighted by atomic mass is 35.5. The Morgan fingerprint density at radius 1 is 1.11 bits per heavy atom. The number of benzene rings is 2. The summed E-state index contributed by atoms with van der Waals surface area (Å²) in [6.45, 7) is 0. The first-order valence-corrected chi connectivity index (χ1v) is 11.7. The number of amides is 1. The van der Waals surface area contributed by atoms with Crippen LogP contribution in [0.1, 0.15) is 35.6 Å². The van der Waals surface area contributed by atoms with E-state index in [2.05, 4.69) is 35.8 Å². The highest BCUT2D eigenvalue weighted by Gasteiger charge is 2.35. The Morgan fingerprint density at radius 3 is 2.70 bits per heavy atom. The van der Waals surface area contributed by atoms with Crippen LogP contribution in [0.15, 0.2) is 67.3 Å². The van der Waals surface area contributed by atoms with E-state index in [0.717, 1.165) is 16.8 Å². The number of nitrogens with one attached hydrogen (secondary N) is 2. The van der Waals surface area contributed by atoms with Crippen LogP contribution in [0.4, 0.5) is 14.9 Å². The van der Waals surface area contributed by atoms with Crippen molar-refractivity contribution in [3.05, 3.63) is 89.4 Å². The van der Waals surface area contributed by atoms with E-state index in [1.807, 2.05) is 0 Å². The summed E-state index contributed by atoms with van der Waals surface area (Å²) in [6.07, 6.45) is 2.73. The molecule has 1 aliphatic carbocycles. The van der Waals surface area contributed by atoms with E-state index < -0.39 is 12.3 Å². The number of fused-ring (bicyclic) bond motifs is 1. The summed E-state index contributed by atoms with van der Waals surface area (Å²) in [5, 5.41) is 23.0. The van der Waals surface area contributed by atoms with Gasteiger partial charge >= 0.3 is 6.09 Å². The molecule has 10 nitrogen and oxygen atoms in total. The van der Waals surface area contributed by atoms with Gasteiger partial charge in [-0.25, -0.2) is 14.2 Å². The van der Waals surface area contributed by atoms with Crippen LogP contribution in [0.5, 0.6) is 0 Å². The van der Waals surface area contributed by atoms with Crippen LogP contribution in [-0.2, 0) is 0 Å². The van der Waals surface area contributed by atoms with Gasteiger partial charge in [0.25, 0.3) is 0 Å². The third-order valence-electron chi connectivity index (χ3n) is 6.30. The van der Waals surface area contributed by atoms with Gasteiger partial charge in [-0.05, 0) is 58.8 Å². The van der Waals surface area contributed by atoms with Gasteiger partial charge in [0.15, 0.2) is 0 Å². The molecule has 5 aromatic rings. The number of H-pyrrole nitrogens is 1. The Balaban J connectivity index is 1.31. The van der Waals surface area contributed by atoms with Crippen molar-refractivity contribution in [1.82, 2.24) is 35.2 Å². The second-order valence-corrected chi connectivity index (χ2v) is 9.00. The first kappa shape index (κ1) is 22.8. The Bertz CT molecular complexity index is 1600. The average Bonchev–Trinajstić information content (AvgIpc) is 3.65. The standard InChI is InChI=1S/C25H18ClFN8O2/c26-15-3-6-22(35-12-30-33-34-35)17(8-15)14-7-18-20(27)9-19(23(18)28-10-14)24-29-11-21(32-24)13-1-4-16(5-2-13)31-25(36)37/h1-8,10-12,19-20,31H,9H2,(H,29,32)(H,36,37). The molecule has 3 heterocycles. The maximum absolute atomic E-state index is 15.3. The van der Waals surface area contributed by atoms with Gasteiger partial charge < -0.3 is 10.1 Å². The second-order valence-electron chi connectivity index (χ2n) is 8.56. The van der Waals surface area contributed by atoms with Gasteiger partial charge in [-0.3, -0.25) is 10.3 Å². The number of nitrogens with zero attached hydrogens (tertiary/aromatic N) is 6. The monoisotopic (exact) mass is 516 g/mol. The third-order valence-corrected chi connectivity index (χ3v) is 6.53. The molecule has 0 bridgehead atoms. The number of aromatic amines is 1. The topological polar surface area (TPSA) is 134 Å². The molecular weight excluding hydrogens is 499 g/mol. The molecule has 0 fully saturated rings. The van der Waals surface area contributed by atoms with Crippen molar-refractivity contribution in [2.24, 2.45) is 0 Å². The normalized spacial score (nSPS) is 16.5. The molecule has 0 saturated carbocycles. The van der Waals surface area contributed by atoms with Crippen LogP contribution in [-0.4, -0.2) is 46.4 Å². The van der Waals surface area contributed by atoms with E-state index in [0.29, 0.717) is 39.0 Å². The van der Waals surface area contributed by atoms with Crippen molar-refractivity contribution in [1.29, 1.82) is 0 Å². The quantitative estimate of drug-likeness (QED) is 0.284. The highest BCUT2D eigenvalue weighted by Crippen LogP contribution is 2.46. The Morgan fingerprint density at radius 2 is 1.95 bits per heavy atom. The summed E-state index contributed by atoms with van der Waals surface area (Å²) < 4.78 is 16.8. The molecule has 37 heavy (non-hydrogen) atoms. The van der Waals surface area contributed by atoms with Crippen LogP contribution < -0.4 is 5.32 Å². The zero-order valence-electron chi connectivity index (χ0n) is 19.0. The number of hydrogen-bond donors (Lipinski definition) is 3. The first-order valence-electron chi connectivity index (χ1n) is 11.3. The van der Waals surface area contributed by atoms with Crippen LogP contribution in [0, 0.1) is 0 Å². The molecule has 2 unspecified atom stereocenters. The lowest BCUT2D eigenvalue weighted by Gasteiger charge is -2.12. The molecule has 12 heteroatoms. The number of tetrazole rings is 1. The van der Waals surface area contributed by atoms with Gasteiger partial charge in [0.1, 0.15) is 18.3 Å². The summed E-state index contributed by atoms with van der Waals surface area (Å²) in [6, 6.07) is 14.0. The number of alkyl halides is 1. The van der Waals surface area contributed by atoms with E-state index in [4.69, 9.17) is 16.7 Å². The van der Waals surface area contributed by atoms with Gasteiger partial charge in [0.05, 0.1) is 29.2 Å². The average molecular weight is 517 g/mol. The van der Waals surface area contributed by atoms with Crippen LogP contribution in [0.3, 0.4) is 0 Å². The van der Waals surface area contributed by atoms with Crippen molar-refractivity contribution < 1.29 is 14.3 Å². The van der Waals surface area contributed by atoms with E-state index in [1.165, 1.54) is 11.0 Å². The molecule has 0 saturated heterocycles. The minimum absolute atomic E-state index is 0.218. The van der Waals surface area contributed by atoms with E-state index in [-0.39, 0.29) is 12.3 Å². The van der Waals surface area contributed by atoms with E-state index in [1.54, 1.807) is 60.9 Å². The van der Waals surface area contributed by atoms with Crippen LogP contribution in [0.25, 0.3) is 28.1 Å². The zero-order valence-corrected chi connectivity index (χ0v) is 19.8. The minimum Gasteiger partial charge on any atom is -0.465 e. The lowest BCUT2D eigenvalue weighted by Crippen LogP contribution is -2.06. The molecule has 3 aromatic heterocycles. The highest BCUT2D eigenvalue weighted by molar-refractivity contribution is 6.31. The largest absolute Gasteiger partial charge is 0.465 e. The van der Waals surface area contributed by atoms with Crippen molar-refractivity contribution in [3.63, 3.8) is 0 Å². The van der Waals surface area contributed by atoms with Crippen molar-refractivity contribution in [2.75, 3.05) is 5.32 Å². The predicted molar refractivity (Wildman–Crippen MR) is 133 cm³/mol. The number of aromatic nitrogens is 7. The number of carbonyl (C=O) groups is 1. The smallest absolute Gasteiger partial charge is 0.409 e. The molecule has 2 atom stereocenters. The van der Waals surface area contributed by atoms with Crippen LogP contribution >= 0.6 is 11.6 Å². The summed E-state index contributed by atoms with van der Waals surface area (Å²) in [4.78, 5) is 23.2. The lowest BCUT2D eigenvalue weighted by atomic mass is 10.0. The minimum atomic E-state index is -1.21. The number of hydrogen-bond acceptors (Lipinski definition) is 6. The summed E-state index contributed by atoms with van der Waals surface area (Å²) >= 11 is 6.26. The van der Waals surface area contributed by atoms with E-state index >= 15 is 4.39 Å². The molecule has 3 N–H and O–H groups in total. The number of pyridine rings is 1. The summed E-state index contributed by atoms with van der Waals surface area (Å²) in [5.41, 5.74) is 5.28. The SMILES string of the molecule is O=C(O)Nc1ccc(-c2cnc(C3CC(F)c4cc(-c5cc(Cl)ccc5-n5cnnn5)cnc43)[nH]2)cc1. The Labute approximate surface area is 214 Å². The Kier molecular flexibility index (Phi) is 5.61. The maximum Gasteiger partial charge on any atom is 0.409 e. The van der Waals surface area contributed by atoms with E-state index in [9.17, 15) is 4.79 Å². The summed E-state index contributed by atoms with van der Waals surface area (Å²) in [5.74, 6) is 0.278. The van der Waals surface area contributed by atoms with Gasteiger partial charge in [-0.1, -0.05) is 23.7 Å². The summed E-state index contributed by atoms with van der Waals surface area (Å²) in [7, 11) is 0. The maximum atomic E-state index is 15.3. The molecule has 1 aliphatic rings. The molecule has 6 rings (SSSR count). The zero-order chi connectivity index (χ0) is 25.5. The lowest BCUT2D eigenvalue weighted by molar-refractivity contribution is 0.209. The first-order chi connectivity index (χ1) is 18.0. The van der Waals surface area contributed by atoms with Gasteiger partial charge in [0.2, 0.25) is 0 Å². The van der Waals surface area contributed by atoms with Gasteiger partial charge in [0, 0.05) is 33.6 Å². The fraction of sp³-hybridized carbons (Fsp3) is 0.120. The fourth-order valence-corrected chi connectivity index (χ4v) is 4.77. The molecule has 1 amide bonds. The van der Waals surface area contributed by atoms with Crippen LogP contribution in [0.2, 0.25) is 5.02 Å². The van der Waals surface area contributed by atoms with Crippen molar-refractivity contribution >= 4 is 23.4 Å². The van der Waals surface area contributed by atoms with Gasteiger partial charge in [-0.2, -0.15) is 4.68 Å². The molecule has 0 spiro atoms. The number of anilines is 1. The molecule has 2 aromatic carbocycles. The number of imidazole rings is 1. The number of rotatable bonds is 5. The fourth-order valence-electron chi connectivity index (χ4n) is 4.60. The molecule has 184 valence electrons. The third kappa shape index (κ3) is 4.29. The van der Waals surface area contributed by atoms with Gasteiger partial charge in [-0.15, -0.1) is 5.10 Å². The predicted octanol–water partition coefficient (Wildman–Crippen LogP) is 5.40. The molecular formula is C25H18ClFN8O2. The molecule has 0 aliphatic heterocycles. The number of halogens is 2. The van der Waals surface area contributed by atoms with Crippen molar-refractivity contribution in [3.8, 4) is 28.1 Å². The Hall–Kier alpha value is -4.64. The number of carboxylic acid groups (broad SMARTS) is 1.